The maximum atomic E-state index is 11.8. The molecule has 1 unspecified atom stereocenters. The van der Waals surface area contributed by atoms with Crippen LogP contribution in [0.25, 0.3) is 0 Å². The first kappa shape index (κ1) is 15.0. The van der Waals surface area contributed by atoms with E-state index in [0.29, 0.717) is 19.4 Å². The fourth-order valence-electron chi connectivity index (χ4n) is 2.17. The molecule has 0 aromatic heterocycles. The SMILES string of the molecule is CC(CCCO)NC(=O)CN1CCCCCC1=O. The van der Waals surface area contributed by atoms with Gasteiger partial charge in [0.15, 0.2) is 0 Å². The van der Waals surface area contributed by atoms with Gasteiger partial charge in [-0.15, -0.1) is 0 Å². The Morgan fingerprint density at radius 3 is 2.94 bits per heavy atom. The molecule has 1 rings (SSSR count). The lowest BCUT2D eigenvalue weighted by atomic mass is 10.2. The summed E-state index contributed by atoms with van der Waals surface area (Å²) in [5.74, 6) is -0.0126. The van der Waals surface area contributed by atoms with Crippen molar-refractivity contribution in [1.29, 1.82) is 0 Å². The van der Waals surface area contributed by atoms with Crippen LogP contribution in [0.5, 0.6) is 0 Å². The van der Waals surface area contributed by atoms with Crippen molar-refractivity contribution in [2.45, 2.75) is 51.5 Å². The highest BCUT2D eigenvalue weighted by atomic mass is 16.3. The lowest BCUT2D eigenvalue weighted by Crippen LogP contribution is -2.43. The van der Waals surface area contributed by atoms with Crippen LogP contribution in [0.15, 0.2) is 0 Å². The van der Waals surface area contributed by atoms with E-state index in [1.807, 2.05) is 6.92 Å². The molecule has 0 spiro atoms. The lowest BCUT2D eigenvalue weighted by molar-refractivity contribution is -0.135. The zero-order chi connectivity index (χ0) is 13.4. The molecule has 0 bridgehead atoms. The van der Waals surface area contributed by atoms with Gasteiger partial charge in [-0.3, -0.25) is 9.59 Å². The van der Waals surface area contributed by atoms with Crippen LogP contribution in [0.3, 0.4) is 0 Å². The highest BCUT2D eigenvalue weighted by Crippen LogP contribution is 2.10. The Kier molecular flexibility index (Phi) is 6.72. The first-order valence-electron chi connectivity index (χ1n) is 6.81. The number of nitrogens with one attached hydrogen (secondary N) is 1. The van der Waals surface area contributed by atoms with Crippen LogP contribution >= 0.6 is 0 Å². The number of hydrogen-bond acceptors (Lipinski definition) is 3. The van der Waals surface area contributed by atoms with E-state index in [9.17, 15) is 9.59 Å². The summed E-state index contributed by atoms with van der Waals surface area (Å²) in [6.45, 7) is 2.92. The summed E-state index contributed by atoms with van der Waals surface area (Å²) >= 11 is 0. The molecule has 0 saturated carbocycles. The molecule has 5 heteroatoms. The van der Waals surface area contributed by atoms with Crippen LogP contribution in [-0.2, 0) is 9.59 Å². The molecule has 1 fully saturated rings. The predicted octanol–water partition coefficient (Wildman–Crippen LogP) is 0.666. The summed E-state index contributed by atoms with van der Waals surface area (Å²) in [6.07, 6.45) is 4.99. The number of carbonyl (C=O) groups is 2. The highest BCUT2D eigenvalue weighted by Gasteiger charge is 2.19. The van der Waals surface area contributed by atoms with Crippen LogP contribution in [0.1, 0.15) is 45.4 Å². The van der Waals surface area contributed by atoms with E-state index in [1.165, 1.54) is 0 Å². The molecule has 2 N–H and O–H groups in total. The number of hydrogen-bond donors (Lipinski definition) is 2. The van der Waals surface area contributed by atoms with Crippen molar-refractivity contribution in [3.8, 4) is 0 Å². The zero-order valence-electron chi connectivity index (χ0n) is 11.2. The molecule has 2 amide bonds. The van der Waals surface area contributed by atoms with E-state index in [1.54, 1.807) is 4.90 Å². The van der Waals surface area contributed by atoms with Crippen molar-refractivity contribution in [1.82, 2.24) is 10.2 Å². The Bertz CT molecular complexity index is 281. The number of carbonyl (C=O) groups excluding carboxylic acids is 2. The third-order valence-corrected chi connectivity index (χ3v) is 3.21. The van der Waals surface area contributed by atoms with Gasteiger partial charge in [-0.05, 0) is 32.6 Å². The van der Waals surface area contributed by atoms with Crippen molar-refractivity contribution in [3.63, 3.8) is 0 Å². The Morgan fingerprint density at radius 2 is 2.22 bits per heavy atom. The molecule has 0 aromatic rings. The molecular formula is C13H24N2O3. The summed E-state index contributed by atoms with van der Waals surface area (Å²) in [7, 11) is 0. The van der Waals surface area contributed by atoms with Gasteiger partial charge in [0.05, 0.1) is 6.54 Å². The molecule has 5 nitrogen and oxygen atoms in total. The van der Waals surface area contributed by atoms with Crippen LogP contribution in [0.2, 0.25) is 0 Å². The number of likely N-dealkylation sites (tertiary alicyclic amines) is 1. The third kappa shape index (κ3) is 5.49. The molecule has 1 heterocycles. The number of aliphatic hydroxyl groups excluding tert-OH is 1. The summed E-state index contributed by atoms with van der Waals surface area (Å²) in [4.78, 5) is 25.1. The van der Waals surface area contributed by atoms with Crippen molar-refractivity contribution in [2.75, 3.05) is 19.7 Å². The second-order valence-corrected chi connectivity index (χ2v) is 4.96. The molecule has 1 aliphatic heterocycles. The molecule has 18 heavy (non-hydrogen) atoms. The van der Waals surface area contributed by atoms with Gasteiger partial charge in [0.1, 0.15) is 0 Å². The number of amides is 2. The topological polar surface area (TPSA) is 69.6 Å². The maximum absolute atomic E-state index is 11.8. The fraction of sp³-hybridized carbons (Fsp3) is 0.846. The van der Waals surface area contributed by atoms with E-state index >= 15 is 0 Å². The number of aliphatic hydroxyl groups is 1. The average molecular weight is 256 g/mol. The Morgan fingerprint density at radius 1 is 1.44 bits per heavy atom. The minimum atomic E-state index is -0.101. The highest BCUT2D eigenvalue weighted by molar-refractivity contribution is 5.85. The molecule has 0 aliphatic carbocycles. The first-order chi connectivity index (χ1) is 8.63. The van der Waals surface area contributed by atoms with Gasteiger partial charge in [0.25, 0.3) is 0 Å². The minimum Gasteiger partial charge on any atom is -0.396 e. The van der Waals surface area contributed by atoms with Crippen LogP contribution in [-0.4, -0.2) is 47.6 Å². The Balaban J connectivity index is 2.31. The molecule has 1 aliphatic rings. The van der Waals surface area contributed by atoms with E-state index in [-0.39, 0.29) is 31.0 Å². The average Bonchev–Trinajstić information content (AvgIpc) is 2.52. The number of rotatable bonds is 6. The predicted molar refractivity (Wildman–Crippen MR) is 69.0 cm³/mol. The zero-order valence-corrected chi connectivity index (χ0v) is 11.2. The van der Waals surface area contributed by atoms with E-state index in [0.717, 1.165) is 25.7 Å². The minimum absolute atomic E-state index is 0.0479. The first-order valence-corrected chi connectivity index (χ1v) is 6.81. The van der Waals surface area contributed by atoms with E-state index < -0.39 is 0 Å². The normalized spacial score (nSPS) is 18.3. The second kappa shape index (κ2) is 8.08. The quantitative estimate of drug-likeness (QED) is 0.733. The molecule has 104 valence electrons. The summed E-state index contributed by atoms with van der Waals surface area (Å²) in [5.41, 5.74) is 0. The molecule has 0 radical (unpaired) electrons. The van der Waals surface area contributed by atoms with Gasteiger partial charge in [-0.2, -0.15) is 0 Å². The summed E-state index contributed by atoms with van der Waals surface area (Å²) in [5, 5.41) is 11.6. The fourth-order valence-corrected chi connectivity index (χ4v) is 2.17. The van der Waals surface area contributed by atoms with Gasteiger partial charge in [-0.1, -0.05) is 6.42 Å². The molecule has 0 aromatic carbocycles. The Labute approximate surface area is 109 Å². The third-order valence-electron chi connectivity index (χ3n) is 3.21. The van der Waals surface area contributed by atoms with Crippen LogP contribution < -0.4 is 5.32 Å². The smallest absolute Gasteiger partial charge is 0.239 e. The van der Waals surface area contributed by atoms with Gasteiger partial charge in [0, 0.05) is 25.6 Å². The Hall–Kier alpha value is -1.10. The lowest BCUT2D eigenvalue weighted by Gasteiger charge is -2.21. The van der Waals surface area contributed by atoms with Gasteiger partial charge in [-0.25, -0.2) is 0 Å². The van der Waals surface area contributed by atoms with Crippen LogP contribution in [0, 0.1) is 0 Å². The van der Waals surface area contributed by atoms with Crippen molar-refractivity contribution >= 4 is 11.8 Å². The molecular weight excluding hydrogens is 232 g/mol. The molecule has 1 saturated heterocycles. The molecule has 1 atom stereocenters. The van der Waals surface area contributed by atoms with Gasteiger partial charge < -0.3 is 15.3 Å². The van der Waals surface area contributed by atoms with Crippen molar-refractivity contribution < 1.29 is 14.7 Å². The van der Waals surface area contributed by atoms with Crippen LogP contribution in [0.4, 0.5) is 0 Å². The summed E-state index contributed by atoms with van der Waals surface area (Å²) in [6, 6.07) is 0.0479. The van der Waals surface area contributed by atoms with Crippen molar-refractivity contribution in [3.05, 3.63) is 0 Å². The largest absolute Gasteiger partial charge is 0.396 e. The maximum Gasteiger partial charge on any atom is 0.239 e. The monoisotopic (exact) mass is 256 g/mol. The van der Waals surface area contributed by atoms with E-state index in [4.69, 9.17) is 5.11 Å². The van der Waals surface area contributed by atoms with Gasteiger partial charge >= 0.3 is 0 Å². The van der Waals surface area contributed by atoms with Crippen molar-refractivity contribution in [2.24, 2.45) is 0 Å². The second-order valence-electron chi connectivity index (χ2n) is 4.96. The number of nitrogens with zero attached hydrogens (tertiary/aromatic N) is 1. The van der Waals surface area contributed by atoms with Gasteiger partial charge in [0.2, 0.25) is 11.8 Å². The summed E-state index contributed by atoms with van der Waals surface area (Å²) < 4.78 is 0. The standard InChI is InChI=1S/C13H24N2O3/c1-11(6-5-9-16)14-12(17)10-15-8-4-2-3-7-13(15)18/h11,16H,2-10H2,1H3,(H,14,17). The van der Waals surface area contributed by atoms with E-state index in [2.05, 4.69) is 5.32 Å².